The van der Waals surface area contributed by atoms with E-state index in [0.29, 0.717) is 0 Å². The van der Waals surface area contributed by atoms with E-state index in [-0.39, 0.29) is 11.0 Å². The van der Waals surface area contributed by atoms with Crippen LogP contribution in [0.5, 0.6) is 5.75 Å². The maximum absolute atomic E-state index is 12.0. The monoisotopic (exact) mass is 300 g/mol. The van der Waals surface area contributed by atoms with Crippen LogP contribution in [0.2, 0.25) is 0 Å². The Bertz CT molecular complexity index is 627. The largest absolute Gasteiger partial charge is 0.573 e. The zero-order chi connectivity index (χ0) is 13.6. The van der Waals surface area contributed by atoms with Crippen molar-refractivity contribution in [3.63, 3.8) is 0 Å². The van der Waals surface area contributed by atoms with Crippen LogP contribution in [0, 0.1) is 0 Å². The van der Waals surface area contributed by atoms with Crippen molar-refractivity contribution in [1.82, 2.24) is 0 Å². The summed E-state index contributed by atoms with van der Waals surface area (Å²) in [7, 11) is -4.12. The lowest BCUT2D eigenvalue weighted by Crippen LogP contribution is -2.19. The zero-order valence-corrected chi connectivity index (χ0v) is 9.90. The summed E-state index contributed by atoms with van der Waals surface area (Å²) in [5, 5.41) is 2.02. The highest BCUT2D eigenvalue weighted by Crippen LogP contribution is 2.33. The predicted molar refractivity (Wildman–Crippen MR) is 57.2 cm³/mol. The molecule has 1 aromatic rings. The van der Waals surface area contributed by atoms with E-state index in [1.165, 1.54) is 0 Å². The van der Waals surface area contributed by atoms with Gasteiger partial charge in [0.05, 0.1) is 5.69 Å². The van der Waals surface area contributed by atoms with Crippen molar-refractivity contribution in [3.8, 4) is 5.75 Å². The number of rotatable bonds is 1. The summed E-state index contributed by atoms with van der Waals surface area (Å²) in [6, 6.07) is 2.79. The van der Waals surface area contributed by atoms with E-state index < -0.39 is 27.0 Å². The number of hydrogen-bond acceptors (Lipinski definition) is 4. The normalized spacial score (nSPS) is 17.4. The molecule has 0 aromatic heterocycles. The molecular formula is C8H4ClF3N2O3S. The van der Waals surface area contributed by atoms with E-state index in [9.17, 15) is 21.6 Å². The van der Waals surface area contributed by atoms with Gasteiger partial charge in [-0.1, -0.05) is 0 Å². The Balaban J connectivity index is 2.47. The van der Waals surface area contributed by atoms with Gasteiger partial charge in [0.25, 0.3) is 10.0 Å². The molecule has 0 bridgehead atoms. The molecule has 1 heterocycles. The van der Waals surface area contributed by atoms with E-state index in [1.807, 2.05) is 0 Å². The molecule has 0 atom stereocenters. The Morgan fingerprint density at radius 1 is 1.33 bits per heavy atom. The number of nitrogens with zero attached hydrogens (tertiary/aromatic N) is 1. The third-order valence-corrected chi connectivity index (χ3v) is 3.50. The fourth-order valence-electron chi connectivity index (χ4n) is 1.31. The molecule has 0 unspecified atom stereocenters. The smallest absolute Gasteiger partial charge is 0.406 e. The second-order valence-electron chi connectivity index (χ2n) is 3.19. The Morgan fingerprint density at radius 2 is 2.00 bits per heavy atom. The number of sulfonamides is 1. The molecule has 1 aliphatic heterocycles. The molecule has 5 nitrogen and oxygen atoms in total. The highest BCUT2D eigenvalue weighted by Gasteiger charge is 2.32. The van der Waals surface area contributed by atoms with Crippen molar-refractivity contribution >= 4 is 32.6 Å². The molecule has 0 saturated carbocycles. The molecule has 98 valence electrons. The van der Waals surface area contributed by atoms with Gasteiger partial charge in [-0.25, -0.2) is 0 Å². The molecule has 0 amide bonds. The molecule has 1 aliphatic rings. The van der Waals surface area contributed by atoms with E-state index in [4.69, 9.17) is 11.6 Å². The minimum atomic E-state index is -4.90. The first-order valence-electron chi connectivity index (χ1n) is 4.35. The summed E-state index contributed by atoms with van der Waals surface area (Å²) in [4.78, 5) is -0.436. The zero-order valence-electron chi connectivity index (χ0n) is 8.32. The summed E-state index contributed by atoms with van der Waals surface area (Å²) in [6.45, 7) is 0. The second kappa shape index (κ2) is 4.02. The molecule has 0 radical (unpaired) electrons. The first-order chi connectivity index (χ1) is 8.17. The first-order valence-corrected chi connectivity index (χ1v) is 6.16. The average Bonchev–Trinajstić information content (AvgIpc) is 2.15. The summed E-state index contributed by atoms with van der Waals surface area (Å²) in [6.07, 6.45) is -4.90. The topological polar surface area (TPSA) is 67.8 Å². The van der Waals surface area contributed by atoms with Crippen LogP contribution in [0.1, 0.15) is 0 Å². The average molecular weight is 301 g/mol. The molecule has 0 fully saturated rings. The van der Waals surface area contributed by atoms with Crippen LogP contribution < -0.4 is 10.1 Å². The van der Waals surface area contributed by atoms with Crippen LogP contribution in [0.15, 0.2) is 27.5 Å². The van der Waals surface area contributed by atoms with Gasteiger partial charge in [0.15, 0.2) is 0 Å². The Kier molecular flexibility index (Phi) is 2.90. The number of nitrogens with one attached hydrogen (secondary N) is 1. The number of ether oxygens (including phenoxy) is 1. The molecular weight excluding hydrogens is 297 g/mol. The number of alkyl halides is 3. The van der Waals surface area contributed by atoms with E-state index in [0.717, 1.165) is 18.2 Å². The van der Waals surface area contributed by atoms with Crippen LogP contribution in [-0.2, 0) is 10.0 Å². The van der Waals surface area contributed by atoms with Gasteiger partial charge in [-0.3, -0.25) is 0 Å². The van der Waals surface area contributed by atoms with E-state index in [1.54, 1.807) is 0 Å². The van der Waals surface area contributed by atoms with Crippen LogP contribution in [0.4, 0.5) is 18.9 Å². The van der Waals surface area contributed by atoms with Gasteiger partial charge in [-0.15, -0.1) is 17.6 Å². The Labute approximate surface area is 104 Å². The Hall–Kier alpha value is -1.48. The van der Waals surface area contributed by atoms with Crippen LogP contribution in [0.3, 0.4) is 0 Å². The number of fused-ring (bicyclic) bond motifs is 1. The fourth-order valence-corrected chi connectivity index (χ4v) is 2.70. The van der Waals surface area contributed by atoms with Crippen molar-refractivity contribution in [2.75, 3.05) is 5.32 Å². The predicted octanol–water partition coefficient (Wildman–Crippen LogP) is 2.29. The quantitative estimate of drug-likeness (QED) is 0.808. The second-order valence-corrected chi connectivity index (χ2v) is 5.12. The summed E-state index contributed by atoms with van der Waals surface area (Å²) in [5.41, 5.74) is 0.0320. The molecule has 0 saturated heterocycles. The Morgan fingerprint density at radius 3 is 2.61 bits per heavy atom. The lowest BCUT2D eigenvalue weighted by atomic mass is 10.3. The highest BCUT2D eigenvalue weighted by molar-refractivity contribution is 7.90. The number of amidine groups is 1. The van der Waals surface area contributed by atoms with Crippen LogP contribution in [0.25, 0.3) is 0 Å². The standard InChI is InChI=1S/C8H4ClF3N2O3S/c9-7-13-5-2-1-4(17-8(10,11)12)3-6(5)18(15,16)14-7/h1-3H,(H,13,14). The van der Waals surface area contributed by atoms with Gasteiger partial charge in [-0.2, -0.15) is 8.42 Å². The molecule has 2 rings (SSSR count). The van der Waals surface area contributed by atoms with Crippen molar-refractivity contribution < 1.29 is 26.3 Å². The first kappa shape index (κ1) is 13.0. The third-order valence-electron chi connectivity index (χ3n) is 1.90. The number of anilines is 1. The SMILES string of the molecule is O=S1(=O)N=C(Cl)Nc2ccc(OC(F)(F)F)cc21. The van der Waals surface area contributed by atoms with Gasteiger partial charge in [-0.05, 0) is 23.7 Å². The highest BCUT2D eigenvalue weighted by atomic mass is 35.5. The molecule has 0 aliphatic carbocycles. The molecule has 10 heteroatoms. The molecule has 18 heavy (non-hydrogen) atoms. The summed E-state index contributed by atoms with van der Waals surface area (Å²) >= 11 is 5.42. The molecule has 1 N–H and O–H groups in total. The number of halogens is 4. The van der Waals surface area contributed by atoms with Gasteiger partial charge in [0.2, 0.25) is 5.29 Å². The van der Waals surface area contributed by atoms with E-state index >= 15 is 0 Å². The number of benzene rings is 1. The maximum Gasteiger partial charge on any atom is 0.573 e. The minimum Gasteiger partial charge on any atom is -0.406 e. The molecule has 0 spiro atoms. The number of hydrogen-bond donors (Lipinski definition) is 1. The van der Waals surface area contributed by atoms with Crippen molar-refractivity contribution in [2.24, 2.45) is 4.40 Å². The van der Waals surface area contributed by atoms with Crippen molar-refractivity contribution in [3.05, 3.63) is 18.2 Å². The van der Waals surface area contributed by atoms with Gasteiger partial charge in [0, 0.05) is 6.07 Å². The molecule has 1 aromatic carbocycles. The lowest BCUT2D eigenvalue weighted by Gasteiger charge is -2.16. The summed E-state index contributed by atoms with van der Waals surface area (Å²) in [5.74, 6) is -0.653. The van der Waals surface area contributed by atoms with Crippen molar-refractivity contribution in [1.29, 1.82) is 0 Å². The van der Waals surface area contributed by atoms with E-state index in [2.05, 4.69) is 14.5 Å². The van der Waals surface area contributed by atoms with Crippen LogP contribution in [-0.4, -0.2) is 20.1 Å². The van der Waals surface area contributed by atoms with Gasteiger partial charge < -0.3 is 10.1 Å². The fraction of sp³-hybridized carbons (Fsp3) is 0.125. The summed E-state index contributed by atoms with van der Waals surface area (Å²) < 4.78 is 65.8. The van der Waals surface area contributed by atoms with Gasteiger partial charge >= 0.3 is 6.36 Å². The van der Waals surface area contributed by atoms with Gasteiger partial charge in [0.1, 0.15) is 10.6 Å². The minimum absolute atomic E-state index is 0.0320. The van der Waals surface area contributed by atoms with Crippen LogP contribution >= 0.6 is 11.6 Å². The lowest BCUT2D eigenvalue weighted by molar-refractivity contribution is -0.274. The maximum atomic E-state index is 12.0. The third kappa shape index (κ3) is 2.67. The van der Waals surface area contributed by atoms with Crippen molar-refractivity contribution in [2.45, 2.75) is 11.3 Å².